The third-order valence-electron chi connectivity index (χ3n) is 5.47. The van der Waals surface area contributed by atoms with E-state index in [1.807, 2.05) is 73.7 Å². The molecular formula is C29H26INO4S. The lowest BCUT2D eigenvalue weighted by atomic mass is 10.0. The van der Waals surface area contributed by atoms with Crippen molar-refractivity contribution in [1.29, 1.82) is 0 Å². The fourth-order valence-electron chi connectivity index (χ4n) is 3.79. The molecule has 1 aliphatic rings. The molecule has 0 unspecified atom stereocenters. The molecule has 0 aromatic heterocycles. The summed E-state index contributed by atoms with van der Waals surface area (Å²) in [5.74, 6) is 0.956. The number of carbonyl (C=O) groups is 2. The van der Waals surface area contributed by atoms with E-state index >= 15 is 0 Å². The zero-order chi connectivity index (χ0) is 25.5. The Bertz CT molecular complexity index is 1290. The maximum atomic E-state index is 13.1. The molecule has 7 heteroatoms. The van der Waals surface area contributed by atoms with Gasteiger partial charge in [-0.2, -0.15) is 0 Å². The van der Waals surface area contributed by atoms with Gasteiger partial charge >= 0.3 is 0 Å². The van der Waals surface area contributed by atoms with Crippen molar-refractivity contribution >= 4 is 51.6 Å². The number of rotatable bonds is 10. The molecule has 0 bridgehead atoms. The molecule has 2 amide bonds. The highest BCUT2D eigenvalue weighted by Gasteiger charge is 2.35. The van der Waals surface area contributed by atoms with E-state index in [0.717, 1.165) is 37.6 Å². The first-order chi connectivity index (χ1) is 17.5. The number of thioether (sulfide) groups is 1. The molecule has 1 heterocycles. The second kappa shape index (κ2) is 12.3. The van der Waals surface area contributed by atoms with E-state index < -0.39 is 0 Å². The minimum Gasteiger partial charge on any atom is -0.490 e. The van der Waals surface area contributed by atoms with Crippen LogP contribution >= 0.6 is 34.4 Å². The SMILES string of the molecule is C=CCc1cc(/C=C2\SC(=O)N(Cc3ccc(I)cc3)C2=O)cc(OCC)c1OCc1ccccc1. The van der Waals surface area contributed by atoms with Crippen LogP contribution in [-0.2, 0) is 24.4 Å². The Hall–Kier alpha value is -3.04. The Balaban J connectivity index is 1.61. The van der Waals surface area contributed by atoms with E-state index in [-0.39, 0.29) is 17.7 Å². The molecule has 0 saturated carbocycles. The summed E-state index contributed by atoms with van der Waals surface area (Å²) in [6.07, 6.45) is 4.12. The summed E-state index contributed by atoms with van der Waals surface area (Å²) in [6.45, 7) is 6.91. The maximum absolute atomic E-state index is 13.1. The van der Waals surface area contributed by atoms with E-state index in [9.17, 15) is 9.59 Å². The minimum atomic E-state index is -0.295. The molecule has 1 fully saturated rings. The molecule has 5 nitrogen and oxygen atoms in total. The smallest absolute Gasteiger partial charge is 0.293 e. The first kappa shape index (κ1) is 26.0. The van der Waals surface area contributed by atoms with Gasteiger partial charge in [0, 0.05) is 9.13 Å². The predicted molar refractivity (Wildman–Crippen MR) is 153 cm³/mol. The predicted octanol–water partition coefficient (Wildman–Crippen LogP) is 7.23. The Labute approximate surface area is 229 Å². The van der Waals surface area contributed by atoms with Gasteiger partial charge in [0.1, 0.15) is 6.61 Å². The largest absolute Gasteiger partial charge is 0.490 e. The summed E-state index contributed by atoms with van der Waals surface area (Å²) in [6, 6.07) is 21.5. The van der Waals surface area contributed by atoms with Crippen LogP contribution in [0.3, 0.4) is 0 Å². The van der Waals surface area contributed by atoms with Crippen LogP contribution in [0.25, 0.3) is 6.08 Å². The van der Waals surface area contributed by atoms with Crippen LogP contribution in [0.1, 0.15) is 29.2 Å². The van der Waals surface area contributed by atoms with E-state index in [2.05, 4.69) is 29.2 Å². The van der Waals surface area contributed by atoms with E-state index in [1.54, 1.807) is 12.2 Å². The second-order valence-corrected chi connectivity index (χ2v) is 10.3. The van der Waals surface area contributed by atoms with Crippen LogP contribution in [0, 0.1) is 3.57 Å². The van der Waals surface area contributed by atoms with Gasteiger partial charge in [-0.1, -0.05) is 48.5 Å². The zero-order valence-corrected chi connectivity index (χ0v) is 22.9. The molecule has 0 spiro atoms. The average molecular weight is 612 g/mol. The number of carbonyl (C=O) groups excluding carboxylic acids is 2. The highest BCUT2D eigenvalue weighted by Crippen LogP contribution is 2.38. The Kier molecular flexibility index (Phi) is 8.88. The normalized spacial score (nSPS) is 14.4. The van der Waals surface area contributed by atoms with Crippen LogP contribution < -0.4 is 9.47 Å². The highest BCUT2D eigenvalue weighted by molar-refractivity contribution is 14.1. The maximum Gasteiger partial charge on any atom is 0.293 e. The van der Waals surface area contributed by atoms with Gasteiger partial charge in [0.25, 0.3) is 11.1 Å². The van der Waals surface area contributed by atoms with Gasteiger partial charge in [0.15, 0.2) is 11.5 Å². The van der Waals surface area contributed by atoms with Gasteiger partial charge in [-0.05, 0) is 94.7 Å². The standard InChI is InChI=1S/C29H26INO4S/c1-3-8-23-15-22(16-25(34-4-2)27(23)35-19-21-9-6-5-7-10-21)17-26-28(32)31(29(33)36-26)18-20-11-13-24(30)14-12-20/h3,5-7,9-17H,1,4,8,18-19H2,2H3/b26-17-. The first-order valence-corrected chi connectivity index (χ1v) is 13.4. The number of amides is 2. The summed E-state index contributed by atoms with van der Waals surface area (Å²) in [5, 5.41) is -0.274. The van der Waals surface area contributed by atoms with Crippen LogP contribution in [-0.4, -0.2) is 22.7 Å². The second-order valence-electron chi connectivity index (χ2n) is 8.10. The lowest BCUT2D eigenvalue weighted by Crippen LogP contribution is -2.27. The molecule has 1 saturated heterocycles. The number of halogens is 1. The van der Waals surface area contributed by atoms with Gasteiger partial charge in [-0.15, -0.1) is 6.58 Å². The number of nitrogens with zero attached hydrogens (tertiary/aromatic N) is 1. The van der Waals surface area contributed by atoms with Gasteiger partial charge in [-0.3, -0.25) is 14.5 Å². The van der Waals surface area contributed by atoms with Gasteiger partial charge in [-0.25, -0.2) is 0 Å². The molecule has 0 aliphatic carbocycles. The van der Waals surface area contributed by atoms with Crippen molar-refractivity contribution in [1.82, 2.24) is 4.90 Å². The van der Waals surface area contributed by atoms with Gasteiger partial charge in [0.05, 0.1) is 18.1 Å². The zero-order valence-electron chi connectivity index (χ0n) is 19.9. The summed E-state index contributed by atoms with van der Waals surface area (Å²) < 4.78 is 13.2. The molecule has 36 heavy (non-hydrogen) atoms. The van der Waals surface area contributed by atoms with Crippen molar-refractivity contribution in [2.75, 3.05) is 6.61 Å². The van der Waals surface area contributed by atoms with E-state index in [4.69, 9.17) is 9.47 Å². The summed E-state index contributed by atoms with van der Waals surface area (Å²) in [7, 11) is 0. The third-order valence-corrected chi connectivity index (χ3v) is 7.10. The molecular weight excluding hydrogens is 585 g/mol. The van der Waals surface area contributed by atoms with Crippen molar-refractivity contribution in [3.63, 3.8) is 0 Å². The first-order valence-electron chi connectivity index (χ1n) is 11.6. The lowest BCUT2D eigenvalue weighted by molar-refractivity contribution is -0.123. The van der Waals surface area contributed by atoms with Gasteiger partial charge in [0.2, 0.25) is 0 Å². The highest BCUT2D eigenvalue weighted by atomic mass is 127. The molecule has 0 radical (unpaired) electrons. The number of benzene rings is 3. The Morgan fingerprint density at radius 1 is 1.00 bits per heavy atom. The van der Waals surface area contributed by atoms with E-state index in [1.165, 1.54) is 4.90 Å². The molecule has 0 N–H and O–H groups in total. The minimum absolute atomic E-state index is 0.247. The fraction of sp³-hybridized carbons (Fsp3) is 0.172. The third kappa shape index (κ3) is 6.39. The Morgan fingerprint density at radius 3 is 2.44 bits per heavy atom. The van der Waals surface area contributed by atoms with Crippen LogP contribution in [0.4, 0.5) is 4.79 Å². The molecule has 3 aromatic rings. The lowest BCUT2D eigenvalue weighted by Gasteiger charge is -2.17. The van der Waals surface area contributed by atoms with Crippen molar-refractivity contribution in [3.05, 3.63) is 110 Å². The van der Waals surface area contributed by atoms with Gasteiger partial charge < -0.3 is 9.47 Å². The number of hydrogen-bond acceptors (Lipinski definition) is 5. The number of imide groups is 1. The summed E-state index contributed by atoms with van der Waals surface area (Å²) in [5.41, 5.74) is 3.62. The van der Waals surface area contributed by atoms with Crippen LogP contribution in [0.15, 0.2) is 84.3 Å². The molecule has 3 aromatic carbocycles. The number of hydrogen-bond donors (Lipinski definition) is 0. The molecule has 0 atom stereocenters. The molecule has 184 valence electrons. The van der Waals surface area contributed by atoms with Crippen molar-refractivity contribution < 1.29 is 19.1 Å². The summed E-state index contributed by atoms with van der Waals surface area (Å²) >= 11 is 3.18. The fourth-order valence-corrected chi connectivity index (χ4v) is 4.99. The van der Waals surface area contributed by atoms with Crippen LogP contribution in [0.5, 0.6) is 11.5 Å². The average Bonchev–Trinajstić information content (AvgIpc) is 3.13. The topological polar surface area (TPSA) is 55.8 Å². The van der Waals surface area contributed by atoms with Crippen molar-refractivity contribution in [2.45, 2.75) is 26.5 Å². The molecule has 1 aliphatic heterocycles. The van der Waals surface area contributed by atoms with Crippen molar-refractivity contribution in [2.24, 2.45) is 0 Å². The van der Waals surface area contributed by atoms with E-state index in [0.29, 0.717) is 36.0 Å². The Morgan fingerprint density at radius 2 is 1.75 bits per heavy atom. The van der Waals surface area contributed by atoms with Crippen molar-refractivity contribution in [3.8, 4) is 11.5 Å². The molecule has 4 rings (SSSR count). The summed E-state index contributed by atoms with van der Waals surface area (Å²) in [4.78, 5) is 27.4. The van der Waals surface area contributed by atoms with Crippen LogP contribution in [0.2, 0.25) is 0 Å². The number of allylic oxidation sites excluding steroid dienone is 1. The number of ether oxygens (including phenoxy) is 2. The monoisotopic (exact) mass is 611 g/mol. The quantitative estimate of drug-likeness (QED) is 0.138.